The highest BCUT2D eigenvalue weighted by molar-refractivity contribution is 9.11. The van der Waals surface area contributed by atoms with Crippen LogP contribution in [0, 0.1) is 0 Å². The summed E-state index contributed by atoms with van der Waals surface area (Å²) >= 11 is 6.54. The topological polar surface area (TPSA) is 44.6 Å². The molecule has 3 nitrogen and oxygen atoms in total. The van der Waals surface area contributed by atoms with E-state index in [0.717, 1.165) is 11.3 Å². The number of para-hydroxylation sites is 1. The Morgan fingerprint density at radius 2 is 1.67 bits per heavy atom. The number of benzene rings is 2. The molecule has 2 rings (SSSR count). The van der Waals surface area contributed by atoms with Gasteiger partial charge in [-0.25, -0.2) is 0 Å². The summed E-state index contributed by atoms with van der Waals surface area (Å²) in [5.41, 5.74) is 4.72. The molecule has 2 N–H and O–H groups in total. The van der Waals surface area contributed by atoms with Gasteiger partial charge in [-0.2, -0.15) is 5.10 Å². The molecule has 18 heavy (non-hydrogen) atoms. The number of halogens is 2. The van der Waals surface area contributed by atoms with Crippen LogP contribution in [0.4, 0.5) is 5.69 Å². The zero-order valence-corrected chi connectivity index (χ0v) is 12.4. The molecule has 0 atom stereocenters. The van der Waals surface area contributed by atoms with Crippen LogP contribution in [0.5, 0.6) is 5.75 Å². The summed E-state index contributed by atoms with van der Waals surface area (Å²) in [4.78, 5) is 0. The minimum atomic E-state index is 0.183. The average molecular weight is 370 g/mol. The fourth-order valence-electron chi connectivity index (χ4n) is 1.35. The van der Waals surface area contributed by atoms with Crippen LogP contribution in [0.3, 0.4) is 0 Å². The largest absolute Gasteiger partial charge is 0.506 e. The van der Waals surface area contributed by atoms with Gasteiger partial charge in [-0.3, -0.25) is 5.43 Å². The standard InChI is InChI=1S/C13H10Br2N2O/c14-11-6-9(7-12(15)13(11)18)8-16-17-10-4-2-1-3-5-10/h1-8,17-18H. The number of hydrazone groups is 1. The number of nitrogens with one attached hydrogen (secondary N) is 1. The molecule has 0 heterocycles. The predicted molar refractivity (Wildman–Crippen MR) is 81.2 cm³/mol. The van der Waals surface area contributed by atoms with Crippen LogP contribution in [0.1, 0.15) is 5.56 Å². The SMILES string of the molecule is Oc1c(Br)cc(C=NNc2ccccc2)cc1Br. The first-order valence-corrected chi connectivity index (χ1v) is 6.77. The van der Waals surface area contributed by atoms with Gasteiger partial charge in [0.25, 0.3) is 0 Å². The van der Waals surface area contributed by atoms with E-state index in [1.807, 2.05) is 30.3 Å². The van der Waals surface area contributed by atoms with Crippen molar-refractivity contribution in [3.63, 3.8) is 0 Å². The predicted octanol–water partition coefficient (Wildman–Crippen LogP) is 4.36. The molecule has 0 spiro atoms. The van der Waals surface area contributed by atoms with Crippen molar-refractivity contribution in [3.05, 3.63) is 57.0 Å². The van der Waals surface area contributed by atoms with Crippen LogP contribution in [-0.2, 0) is 0 Å². The van der Waals surface area contributed by atoms with Gasteiger partial charge in [0.15, 0.2) is 0 Å². The third-order valence-electron chi connectivity index (χ3n) is 2.22. The van der Waals surface area contributed by atoms with Gasteiger partial charge in [0.2, 0.25) is 0 Å². The Balaban J connectivity index is 2.10. The Kier molecular flexibility index (Phi) is 4.38. The highest BCUT2D eigenvalue weighted by Crippen LogP contribution is 2.32. The van der Waals surface area contributed by atoms with Crippen LogP contribution in [0.25, 0.3) is 0 Å². The minimum absolute atomic E-state index is 0.183. The summed E-state index contributed by atoms with van der Waals surface area (Å²) in [7, 11) is 0. The second kappa shape index (κ2) is 6.02. The number of anilines is 1. The minimum Gasteiger partial charge on any atom is -0.506 e. The molecule has 0 unspecified atom stereocenters. The van der Waals surface area contributed by atoms with Crippen molar-refractivity contribution in [2.45, 2.75) is 0 Å². The molecule has 2 aromatic carbocycles. The third-order valence-corrected chi connectivity index (χ3v) is 3.43. The molecule has 0 aliphatic rings. The van der Waals surface area contributed by atoms with E-state index in [1.54, 1.807) is 18.3 Å². The molecule has 0 bridgehead atoms. The number of hydrogen-bond donors (Lipinski definition) is 2. The number of nitrogens with zero attached hydrogens (tertiary/aromatic N) is 1. The summed E-state index contributed by atoms with van der Waals surface area (Å²) in [6, 6.07) is 13.3. The molecule has 0 saturated heterocycles. The van der Waals surface area contributed by atoms with Gasteiger partial charge >= 0.3 is 0 Å². The molecule has 92 valence electrons. The average Bonchev–Trinajstić information content (AvgIpc) is 2.37. The summed E-state index contributed by atoms with van der Waals surface area (Å²) in [5.74, 6) is 0.183. The van der Waals surface area contributed by atoms with Crippen molar-refractivity contribution in [3.8, 4) is 5.75 Å². The smallest absolute Gasteiger partial charge is 0.143 e. The maximum atomic E-state index is 9.58. The quantitative estimate of drug-likeness (QED) is 0.623. The molecule has 0 fully saturated rings. The summed E-state index contributed by atoms with van der Waals surface area (Å²) < 4.78 is 1.25. The van der Waals surface area contributed by atoms with Gasteiger partial charge in [0.05, 0.1) is 20.8 Å². The van der Waals surface area contributed by atoms with Crippen molar-refractivity contribution in [2.24, 2.45) is 5.10 Å². The first-order valence-electron chi connectivity index (χ1n) is 5.19. The number of hydrogen-bond acceptors (Lipinski definition) is 3. The number of aromatic hydroxyl groups is 1. The van der Waals surface area contributed by atoms with Crippen LogP contribution >= 0.6 is 31.9 Å². The maximum Gasteiger partial charge on any atom is 0.143 e. The van der Waals surface area contributed by atoms with Crippen molar-refractivity contribution in [1.29, 1.82) is 0 Å². The van der Waals surface area contributed by atoms with Crippen LogP contribution in [0.2, 0.25) is 0 Å². The highest BCUT2D eigenvalue weighted by Gasteiger charge is 2.04. The first kappa shape index (κ1) is 13.1. The summed E-state index contributed by atoms with van der Waals surface area (Å²) in [6.45, 7) is 0. The molecule has 0 amide bonds. The zero-order valence-electron chi connectivity index (χ0n) is 9.27. The van der Waals surface area contributed by atoms with Crippen LogP contribution < -0.4 is 5.43 Å². The molecule has 2 aromatic rings. The fraction of sp³-hybridized carbons (Fsp3) is 0. The van der Waals surface area contributed by atoms with E-state index in [4.69, 9.17) is 0 Å². The highest BCUT2D eigenvalue weighted by atomic mass is 79.9. The van der Waals surface area contributed by atoms with Gasteiger partial charge in [0.1, 0.15) is 5.75 Å². The van der Waals surface area contributed by atoms with E-state index in [0.29, 0.717) is 8.95 Å². The second-order valence-electron chi connectivity index (χ2n) is 3.57. The van der Waals surface area contributed by atoms with E-state index < -0.39 is 0 Å². The fourth-order valence-corrected chi connectivity index (χ4v) is 2.58. The third kappa shape index (κ3) is 3.34. The molecular formula is C13H10Br2N2O. The second-order valence-corrected chi connectivity index (χ2v) is 5.28. The summed E-state index contributed by atoms with van der Waals surface area (Å²) in [6.07, 6.45) is 1.68. The molecule has 0 aromatic heterocycles. The molecular weight excluding hydrogens is 360 g/mol. The lowest BCUT2D eigenvalue weighted by Crippen LogP contribution is -1.90. The molecule has 0 radical (unpaired) electrons. The Hall–Kier alpha value is -1.33. The maximum absolute atomic E-state index is 9.58. The summed E-state index contributed by atoms with van der Waals surface area (Å²) in [5, 5.41) is 13.7. The van der Waals surface area contributed by atoms with Crippen LogP contribution in [-0.4, -0.2) is 11.3 Å². The lowest BCUT2D eigenvalue weighted by Gasteiger charge is -2.02. The van der Waals surface area contributed by atoms with Crippen molar-refractivity contribution < 1.29 is 5.11 Å². The van der Waals surface area contributed by atoms with Crippen LogP contribution in [0.15, 0.2) is 56.5 Å². The van der Waals surface area contributed by atoms with Gasteiger partial charge in [-0.1, -0.05) is 18.2 Å². The van der Waals surface area contributed by atoms with Gasteiger partial charge in [-0.05, 0) is 61.7 Å². The van der Waals surface area contributed by atoms with E-state index >= 15 is 0 Å². The Morgan fingerprint density at radius 1 is 1.06 bits per heavy atom. The zero-order chi connectivity index (χ0) is 13.0. The molecule has 5 heteroatoms. The van der Waals surface area contributed by atoms with Crippen molar-refractivity contribution >= 4 is 43.8 Å². The normalized spacial score (nSPS) is 10.8. The molecule has 0 aliphatic heterocycles. The number of phenolic OH excluding ortho intramolecular Hbond substituents is 1. The van der Waals surface area contributed by atoms with Crippen molar-refractivity contribution in [2.75, 3.05) is 5.43 Å². The lowest BCUT2D eigenvalue weighted by molar-refractivity contribution is 0.468. The lowest BCUT2D eigenvalue weighted by atomic mass is 10.2. The van der Waals surface area contributed by atoms with Crippen molar-refractivity contribution in [1.82, 2.24) is 0 Å². The van der Waals surface area contributed by atoms with Gasteiger partial charge in [0, 0.05) is 0 Å². The van der Waals surface area contributed by atoms with Gasteiger partial charge in [-0.15, -0.1) is 0 Å². The number of rotatable bonds is 3. The van der Waals surface area contributed by atoms with E-state index in [1.165, 1.54) is 0 Å². The monoisotopic (exact) mass is 368 g/mol. The van der Waals surface area contributed by atoms with E-state index in [2.05, 4.69) is 42.4 Å². The Labute approximate surface area is 122 Å². The Bertz CT molecular complexity index is 547. The number of phenols is 1. The van der Waals surface area contributed by atoms with E-state index in [9.17, 15) is 5.11 Å². The van der Waals surface area contributed by atoms with E-state index in [-0.39, 0.29) is 5.75 Å². The first-order chi connectivity index (χ1) is 8.66. The molecule has 0 saturated carbocycles. The Morgan fingerprint density at radius 3 is 2.28 bits per heavy atom. The molecule has 0 aliphatic carbocycles. The van der Waals surface area contributed by atoms with Gasteiger partial charge < -0.3 is 5.11 Å².